The second kappa shape index (κ2) is 5.72. The Morgan fingerprint density at radius 2 is 1.91 bits per heavy atom. The molecule has 4 nitrogen and oxygen atoms in total. The summed E-state index contributed by atoms with van der Waals surface area (Å²) in [5.41, 5.74) is 6.84. The van der Waals surface area contributed by atoms with Crippen LogP contribution in [-0.2, 0) is 4.79 Å². The summed E-state index contributed by atoms with van der Waals surface area (Å²) >= 11 is 0. The molecule has 0 radical (unpaired) electrons. The van der Waals surface area contributed by atoms with Gasteiger partial charge < -0.3 is 5.11 Å². The Bertz CT molecular complexity index is 936. The van der Waals surface area contributed by atoms with Crippen LogP contribution in [0.5, 0.6) is 0 Å². The summed E-state index contributed by atoms with van der Waals surface area (Å²) in [4.78, 5) is 15.7. The molecule has 0 saturated carbocycles. The summed E-state index contributed by atoms with van der Waals surface area (Å²) < 4.78 is 1.93. The van der Waals surface area contributed by atoms with E-state index in [1.807, 2.05) is 35.7 Å². The Labute approximate surface area is 134 Å². The van der Waals surface area contributed by atoms with E-state index in [1.165, 1.54) is 11.1 Å². The summed E-state index contributed by atoms with van der Waals surface area (Å²) in [7, 11) is 0. The molecule has 0 amide bonds. The van der Waals surface area contributed by atoms with E-state index in [9.17, 15) is 4.79 Å². The van der Waals surface area contributed by atoms with Crippen LogP contribution in [0.25, 0.3) is 23.0 Å². The zero-order valence-corrected chi connectivity index (χ0v) is 13.4. The molecule has 1 aromatic carbocycles. The van der Waals surface area contributed by atoms with Crippen molar-refractivity contribution in [1.29, 1.82) is 0 Å². The van der Waals surface area contributed by atoms with Gasteiger partial charge in [-0.05, 0) is 55.7 Å². The summed E-state index contributed by atoms with van der Waals surface area (Å²) in [5, 5.41) is 8.96. The van der Waals surface area contributed by atoms with Crippen LogP contribution in [-0.4, -0.2) is 20.5 Å². The van der Waals surface area contributed by atoms with Gasteiger partial charge in [0.15, 0.2) is 0 Å². The van der Waals surface area contributed by atoms with Gasteiger partial charge in [-0.2, -0.15) is 0 Å². The number of aromatic nitrogens is 2. The molecule has 0 aliphatic carbocycles. The molecule has 1 N–H and O–H groups in total. The number of aryl methyl sites for hydroxylation is 3. The highest BCUT2D eigenvalue weighted by Crippen LogP contribution is 2.28. The normalized spacial score (nSPS) is 11.4. The first-order chi connectivity index (χ1) is 11.0. The number of benzene rings is 1. The second-order valence-corrected chi connectivity index (χ2v) is 5.70. The van der Waals surface area contributed by atoms with E-state index in [0.717, 1.165) is 34.2 Å². The van der Waals surface area contributed by atoms with Crippen molar-refractivity contribution in [3.05, 3.63) is 65.0 Å². The Balaban J connectivity index is 2.30. The molecule has 23 heavy (non-hydrogen) atoms. The molecule has 0 spiro atoms. The number of rotatable bonds is 3. The molecule has 0 unspecified atom stereocenters. The van der Waals surface area contributed by atoms with Gasteiger partial charge in [0.25, 0.3) is 0 Å². The molecule has 116 valence electrons. The quantitative estimate of drug-likeness (QED) is 0.743. The minimum atomic E-state index is -0.973. The first kappa shape index (κ1) is 15.0. The largest absolute Gasteiger partial charge is 0.478 e. The highest BCUT2D eigenvalue weighted by Gasteiger charge is 2.14. The predicted molar refractivity (Wildman–Crippen MR) is 91.5 cm³/mol. The first-order valence-electron chi connectivity index (χ1n) is 7.43. The average molecular weight is 306 g/mol. The highest BCUT2D eigenvalue weighted by atomic mass is 16.4. The summed E-state index contributed by atoms with van der Waals surface area (Å²) in [6.45, 7) is 6.13. The fourth-order valence-electron chi connectivity index (χ4n) is 2.63. The van der Waals surface area contributed by atoms with Gasteiger partial charge in [-0.1, -0.05) is 18.2 Å². The standard InChI is InChI=1S/C19H18N2O2/c1-12-6-7-15(11-14(12)3)18-16(8-9-17(22)23)21-10-4-5-13(2)19(21)20-18/h4-11H,1-3H3,(H,22,23)/b9-8+. The van der Waals surface area contributed by atoms with Gasteiger partial charge in [-0.3, -0.25) is 4.40 Å². The summed E-state index contributed by atoms with van der Waals surface area (Å²) in [6.07, 6.45) is 4.66. The minimum absolute atomic E-state index is 0.773. The van der Waals surface area contributed by atoms with Gasteiger partial charge in [0.2, 0.25) is 0 Å². The maximum absolute atomic E-state index is 10.9. The van der Waals surface area contributed by atoms with E-state index in [0.29, 0.717) is 0 Å². The molecule has 0 atom stereocenters. The molecule has 3 aromatic rings. The number of hydrogen-bond acceptors (Lipinski definition) is 2. The van der Waals surface area contributed by atoms with E-state index < -0.39 is 5.97 Å². The van der Waals surface area contributed by atoms with Crippen LogP contribution in [0.3, 0.4) is 0 Å². The van der Waals surface area contributed by atoms with E-state index in [1.54, 1.807) is 6.08 Å². The average Bonchev–Trinajstić information content (AvgIpc) is 2.88. The van der Waals surface area contributed by atoms with Crippen LogP contribution in [0.2, 0.25) is 0 Å². The first-order valence-corrected chi connectivity index (χ1v) is 7.43. The lowest BCUT2D eigenvalue weighted by molar-refractivity contribution is -0.131. The SMILES string of the molecule is Cc1ccc(-c2nc3c(C)cccn3c2/C=C/C(=O)O)cc1C. The fourth-order valence-corrected chi connectivity index (χ4v) is 2.63. The van der Waals surface area contributed by atoms with Crippen molar-refractivity contribution in [1.82, 2.24) is 9.38 Å². The molecule has 0 bridgehead atoms. The molecule has 2 aromatic heterocycles. The Morgan fingerprint density at radius 1 is 1.13 bits per heavy atom. The van der Waals surface area contributed by atoms with E-state index in [4.69, 9.17) is 10.1 Å². The van der Waals surface area contributed by atoms with E-state index in [-0.39, 0.29) is 0 Å². The molecule has 2 heterocycles. The summed E-state index contributed by atoms with van der Waals surface area (Å²) in [5.74, 6) is -0.973. The van der Waals surface area contributed by atoms with Crippen LogP contribution < -0.4 is 0 Å². The van der Waals surface area contributed by atoms with E-state index in [2.05, 4.69) is 26.0 Å². The Kier molecular flexibility index (Phi) is 3.74. The fraction of sp³-hybridized carbons (Fsp3) is 0.158. The third-order valence-electron chi connectivity index (χ3n) is 4.05. The number of carboxylic acids is 1. The van der Waals surface area contributed by atoms with Gasteiger partial charge in [0.1, 0.15) is 5.65 Å². The number of nitrogens with zero attached hydrogens (tertiary/aromatic N) is 2. The Hall–Kier alpha value is -2.88. The van der Waals surface area contributed by atoms with Crippen molar-refractivity contribution in [2.45, 2.75) is 20.8 Å². The van der Waals surface area contributed by atoms with Crippen LogP contribution in [0, 0.1) is 20.8 Å². The van der Waals surface area contributed by atoms with Crippen molar-refractivity contribution in [2.24, 2.45) is 0 Å². The van der Waals surface area contributed by atoms with Gasteiger partial charge >= 0.3 is 5.97 Å². The molecule has 3 rings (SSSR count). The minimum Gasteiger partial charge on any atom is -0.478 e. The van der Waals surface area contributed by atoms with E-state index >= 15 is 0 Å². The molecule has 0 fully saturated rings. The number of carboxylic acid groups (broad SMARTS) is 1. The Morgan fingerprint density at radius 3 is 2.61 bits per heavy atom. The molecular formula is C19H18N2O2. The third-order valence-corrected chi connectivity index (χ3v) is 4.05. The van der Waals surface area contributed by atoms with Gasteiger partial charge in [-0.25, -0.2) is 9.78 Å². The summed E-state index contributed by atoms with van der Waals surface area (Å²) in [6, 6.07) is 10.1. The monoisotopic (exact) mass is 306 g/mol. The lowest BCUT2D eigenvalue weighted by atomic mass is 10.0. The predicted octanol–water partition coefficient (Wildman–Crippen LogP) is 4.02. The van der Waals surface area contributed by atoms with Gasteiger partial charge in [0.05, 0.1) is 11.4 Å². The lowest BCUT2D eigenvalue weighted by Crippen LogP contribution is -1.92. The molecular weight excluding hydrogens is 288 g/mol. The van der Waals surface area contributed by atoms with Gasteiger partial charge in [-0.15, -0.1) is 0 Å². The van der Waals surface area contributed by atoms with Crippen LogP contribution in [0.4, 0.5) is 0 Å². The molecule has 0 aliphatic rings. The molecule has 0 aliphatic heterocycles. The number of aliphatic carboxylic acids is 1. The molecule has 4 heteroatoms. The smallest absolute Gasteiger partial charge is 0.328 e. The molecule has 0 saturated heterocycles. The van der Waals surface area contributed by atoms with Crippen molar-refractivity contribution >= 4 is 17.7 Å². The zero-order chi connectivity index (χ0) is 16.6. The van der Waals surface area contributed by atoms with Crippen molar-refractivity contribution in [3.8, 4) is 11.3 Å². The van der Waals surface area contributed by atoms with Crippen molar-refractivity contribution < 1.29 is 9.90 Å². The van der Waals surface area contributed by atoms with Crippen LogP contribution in [0.1, 0.15) is 22.4 Å². The maximum Gasteiger partial charge on any atom is 0.328 e. The highest BCUT2D eigenvalue weighted by molar-refractivity contribution is 5.87. The van der Waals surface area contributed by atoms with Gasteiger partial charge in [0, 0.05) is 17.8 Å². The number of fused-ring (bicyclic) bond motifs is 1. The topological polar surface area (TPSA) is 54.6 Å². The maximum atomic E-state index is 10.9. The van der Waals surface area contributed by atoms with Crippen molar-refractivity contribution in [2.75, 3.05) is 0 Å². The lowest BCUT2D eigenvalue weighted by Gasteiger charge is -2.04. The zero-order valence-electron chi connectivity index (χ0n) is 13.4. The number of pyridine rings is 1. The third kappa shape index (κ3) is 2.75. The second-order valence-electron chi connectivity index (χ2n) is 5.70. The number of hydrogen-bond donors (Lipinski definition) is 1. The van der Waals surface area contributed by atoms with Crippen LogP contribution >= 0.6 is 0 Å². The van der Waals surface area contributed by atoms with Crippen LogP contribution in [0.15, 0.2) is 42.6 Å². The van der Waals surface area contributed by atoms with Crippen molar-refractivity contribution in [3.63, 3.8) is 0 Å². The number of carbonyl (C=O) groups is 1. The number of imidazole rings is 1.